The molecule has 1 aliphatic rings. The van der Waals surface area contributed by atoms with Gasteiger partial charge in [-0.05, 0) is 49.1 Å². The van der Waals surface area contributed by atoms with Crippen molar-refractivity contribution in [3.8, 4) is 0 Å². The van der Waals surface area contributed by atoms with E-state index in [0.29, 0.717) is 0 Å². The van der Waals surface area contributed by atoms with Crippen LogP contribution in [0.5, 0.6) is 0 Å². The van der Waals surface area contributed by atoms with E-state index in [2.05, 4.69) is 35.9 Å². The van der Waals surface area contributed by atoms with Gasteiger partial charge in [0.2, 0.25) is 0 Å². The van der Waals surface area contributed by atoms with E-state index in [1.807, 2.05) is 0 Å². The lowest BCUT2D eigenvalue weighted by molar-refractivity contribution is 0.299. The van der Waals surface area contributed by atoms with Crippen molar-refractivity contribution in [2.75, 3.05) is 6.61 Å². The van der Waals surface area contributed by atoms with Crippen molar-refractivity contribution >= 4 is 10.9 Å². The summed E-state index contributed by atoms with van der Waals surface area (Å²) in [6.45, 7) is 7.51. The lowest BCUT2D eigenvalue weighted by Crippen LogP contribution is -2.00. The monoisotopic (exact) mass is 244 g/mol. The first-order chi connectivity index (χ1) is 8.76. The van der Waals surface area contributed by atoms with Crippen molar-refractivity contribution in [1.29, 1.82) is 0 Å². The maximum absolute atomic E-state index is 9.26. The van der Waals surface area contributed by atoms with Gasteiger partial charge in [0.05, 0.1) is 0 Å². The predicted octanol–water partition coefficient (Wildman–Crippen LogP) is 2.11. The second-order valence-corrected chi connectivity index (χ2v) is 5.02. The number of hydrogen-bond donors (Lipinski definition) is 2. The topological polar surface area (TPSA) is 37.2 Å². The minimum Gasteiger partial charge on any atom is -0.396 e. The SMILES string of the molecule is CCn1c(C)c(CCO)c2cc3c(cc21)CNC3. The van der Waals surface area contributed by atoms with Crippen molar-refractivity contribution in [3.05, 3.63) is 34.5 Å². The first-order valence-corrected chi connectivity index (χ1v) is 6.71. The van der Waals surface area contributed by atoms with Crippen LogP contribution in [-0.2, 0) is 26.1 Å². The van der Waals surface area contributed by atoms with E-state index in [1.165, 1.54) is 33.3 Å². The fraction of sp³-hybridized carbons (Fsp3) is 0.467. The number of aryl methyl sites for hydroxylation is 1. The molecule has 96 valence electrons. The largest absolute Gasteiger partial charge is 0.396 e. The van der Waals surface area contributed by atoms with Crippen LogP contribution in [0.4, 0.5) is 0 Å². The molecule has 0 saturated carbocycles. The van der Waals surface area contributed by atoms with E-state index in [1.54, 1.807) is 0 Å². The minimum atomic E-state index is 0.221. The Labute approximate surface area is 107 Å². The summed E-state index contributed by atoms with van der Waals surface area (Å²) in [6, 6.07) is 4.64. The number of hydrogen-bond acceptors (Lipinski definition) is 2. The fourth-order valence-electron chi connectivity index (χ4n) is 3.18. The van der Waals surface area contributed by atoms with Gasteiger partial charge in [-0.3, -0.25) is 0 Å². The Balaban J connectivity index is 2.30. The van der Waals surface area contributed by atoms with Gasteiger partial charge < -0.3 is 15.0 Å². The molecule has 1 aliphatic heterocycles. The summed E-state index contributed by atoms with van der Waals surface area (Å²) in [5.74, 6) is 0. The van der Waals surface area contributed by atoms with Crippen molar-refractivity contribution in [1.82, 2.24) is 9.88 Å². The van der Waals surface area contributed by atoms with Crippen LogP contribution < -0.4 is 5.32 Å². The van der Waals surface area contributed by atoms with Gasteiger partial charge in [0, 0.05) is 42.8 Å². The van der Waals surface area contributed by atoms with Gasteiger partial charge >= 0.3 is 0 Å². The molecule has 0 amide bonds. The van der Waals surface area contributed by atoms with Gasteiger partial charge in [-0.2, -0.15) is 0 Å². The number of aliphatic hydroxyl groups excluding tert-OH is 1. The zero-order valence-corrected chi connectivity index (χ0v) is 11.1. The van der Waals surface area contributed by atoms with Gasteiger partial charge in [0.25, 0.3) is 0 Å². The van der Waals surface area contributed by atoms with Crippen LogP contribution in [-0.4, -0.2) is 16.3 Å². The van der Waals surface area contributed by atoms with Gasteiger partial charge in [-0.15, -0.1) is 0 Å². The highest BCUT2D eigenvalue weighted by molar-refractivity contribution is 5.87. The Hall–Kier alpha value is -1.32. The number of rotatable bonds is 3. The molecule has 0 radical (unpaired) electrons. The molecule has 3 heteroatoms. The third kappa shape index (κ3) is 1.58. The third-order valence-electron chi connectivity index (χ3n) is 4.08. The smallest absolute Gasteiger partial charge is 0.0488 e. The molecule has 18 heavy (non-hydrogen) atoms. The highest BCUT2D eigenvalue weighted by atomic mass is 16.2. The summed E-state index contributed by atoms with van der Waals surface area (Å²) in [7, 11) is 0. The molecule has 0 atom stereocenters. The van der Waals surface area contributed by atoms with E-state index in [9.17, 15) is 5.11 Å². The van der Waals surface area contributed by atoms with Crippen LogP contribution in [0, 0.1) is 6.92 Å². The van der Waals surface area contributed by atoms with E-state index < -0.39 is 0 Å². The van der Waals surface area contributed by atoms with Crippen LogP contribution >= 0.6 is 0 Å². The van der Waals surface area contributed by atoms with Gasteiger partial charge in [0.15, 0.2) is 0 Å². The molecule has 2 aromatic rings. The number of nitrogens with one attached hydrogen (secondary N) is 1. The molecule has 2 heterocycles. The van der Waals surface area contributed by atoms with E-state index in [4.69, 9.17) is 0 Å². The lowest BCUT2D eigenvalue weighted by Gasteiger charge is -2.05. The maximum Gasteiger partial charge on any atom is 0.0488 e. The molecule has 1 aromatic carbocycles. The average Bonchev–Trinajstić information content (AvgIpc) is 2.91. The fourth-order valence-corrected chi connectivity index (χ4v) is 3.18. The Morgan fingerprint density at radius 1 is 1.28 bits per heavy atom. The minimum absolute atomic E-state index is 0.221. The van der Waals surface area contributed by atoms with Gasteiger partial charge in [-0.1, -0.05) is 0 Å². The van der Waals surface area contributed by atoms with Gasteiger partial charge in [-0.25, -0.2) is 0 Å². The Bertz CT molecular complexity index is 598. The molecule has 3 rings (SSSR count). The van der Waals surface area contributed by atoms with Crippen molar-refractivity contribution in [2.24, 2.45) is 0 Å². The molecule has 1 aromatic heterocycles. The zero-order chi connectivity index (χ0) is 12.7. The first-order valence-electron chi connectivity index (χ1n) is 6.71. The summed E-state index contributed by atoms with van der Waals surface area (Å²) < 4.78 is 2.36. The summed E-state index contributed by atoms with van der Waals surface area (Å²) in [5.41, 5.74) is 6.77. The van der Waals surface area contributed by atoms with Crippen LogP contribution in [0.1, 0.15) is 29.3 Å². The van der Waals surface area contributed by atoms with Crippen molar-refractivity contribution in [2.45, 2.75) is 39.9 Å². The second kappa shape index (κ2) is 4.41. The van der Waals surface area contributed by atoms with Crippen LogP contribution in [0.3, 0.4) is 0 Å². The molecule has 2 N–H and O–H groups in total. The molecule has 0 unspecified atom stereocenters. The standard InChI is InChI=1S/C15H20N2O/c1-3-17-10(2)13(4-5-18)14-6-11-8-16-9-12(11)7-15(14)17/h6-7,16,18H,3-5,8-9H2,1-2H3. The van der Waals surface area contributed by atoms with E-state index >= 15 is 0 Å². The van der Waals surface area contributed by atoms with Crippen molar-refractivity contribution < 1.29 is 5.11 Å². The Kier molecular flexibility index (Phi) is 2.88. The highest BCUT2D eigenvalue weighted by Crippen LogP contribution is 2.30. The Morgan fingerprint density at radius 3 is 2.67 bits per heavy atom. The van der Waals surface area contributed by atoms with Crippen molar-refractivity contribution in [3.63, 3.8) is 0 Å². The summed E-state index contributed by atoms with van der Waals surface area (Å²) in [6.07, 6.45) is 0.752. The number of aromatic nitrogens is 1. The normalized spacial score (nSPS) is 14.4. The molecule has 0 aliphatic carbocycles. The quantitative estimate of drug-likeness (QED) is 0.867. The molecule has 0 fully saturated rings. The lowest BCUT2D eigenvalue weighted by atomic mass is 10.0. The van der Waals surface area contributed by atoms with Crippen LogP contribution in [0.25, 0.3) is 10.9 Å². The first kappa shape index (κ1) is 11.8. The summed E-state index contributed by atoms with van der Waals surface area (Å²) in [4.78, 5) is 0. The number of aliphatic hydroxyl groups is 1. The summed E-state index contributed by atoms with van der Waals surface area (Å²) >= 11 is 0. The van der Waals surface area contributed by atoms with E-state index in [-0.39, 0.29) is 6.61 Å². The zero-order valence-electron chi connectivity index (χ0n) is 11.1. The average molecular weight is 244 g/mol. The molecule has 0 saturated heterocycles. The Morgan fingerprint density at radius 2 is 2.00 bits per heavy atom. The number of fused-ring (bicyclic) bond motifs is 2. The third-order valence-corrected chi connectivity index (χ3v) is 4.08. The predicted molar refractivity (Wildman–Crippen MR) is 73.7 cm³/mol. The molecule has 3 nitrogen and oxygen atoms in total. The molecule has 0 bridgehead atoms. The van der Waals surface area contributed by atoms with Gasteiger partial charge in [0.1, 0.15) is 0 Å². The molecular formula is C15H20N2O. The molecule has 0 spiro atoms. The summed E-state index contributed by atoms with van der Waals surface area (Å²) in [5, 5.41) is 14.0. The maximum atomic E-state index is 9.26. The highest BCUT2D eigenvalue weighted by Gasteiger charge is 2.17. The van der Waals surface area contributed by atoms with Crippen LogP contribution in [0.15, 0.2) is 12.1 Å². The van der Waals surface area contributed by atoms with Crippen LogP contribution in [0.2, 0.25) is 0 Å². The number of nitrogens with zero attached hydrogens (tertiary/aromatic N) is 1. The van der Waals surface area contributed by atoms with E-state index in [0.717, 1.165) is 26.1 Å². The second-order valence-electron chi connectivity index (χ2n) is 5.02. The molecular weight excluding hydrogens is 224 g/mol. The number of benzene rings is 1.